The van der Waals surface area contributed by atoms with E-state index >= 15 is 0 Å². The summed E-state index contributed by atoms with van der Waals surface area (Å²) in [5.41, 5.74) is 4.08. The minimum atomic E-state index is -3.39. The Morgan fingerprint density at radius 1 is 1.07 bits per heavy atom. The predicted octanol–water partition coefficient (Wildman–Crippen LogP) is 7.27. The van der Waals surface area contributed by atoms with E-state index in [9.17, 15) is 18.3 Å². The molecule has 0 spiro atoms. The van der Waals surface area contributed by atoms with Crippen molar-refractivity contribution >= 4 is 15.8 Å². The van der Waals surface area contributed by atoms with Crippen LogP contribution in [-0.4, -0.2) is 38.0 Å². The lowest BCUT2D eigenvalue weighted by Crippen LogP contribution is -2.33. The number of carbonyl (C=O) groups excluding carboxylic acids is 1. The first-order chi connectivity index (χ1) is 18.8. The number of allylic oxidation sites excluding steroid dienone is 2. The van der Waals surface area contributed by atoms with Crippen LogP contribution in [0.15, 0.2) is 94.4 Å². The second-order valence-corrected chi connectivity index (χ2v) is 13.7. The molecule has 2 aromatic carbocycles. The molecule has 0 radical (unpaired) electrons. The van der Waals surface area contributed by atoms with Crippen molar-refractivity contribution in [2.45, 2.75) is 71.8 Å². The first-order valence-corrected chi connectivity index (χ1v) is 15.7. The molecule has 0 saturated carbocycles. The standard InChI is InChI=1S/C34H44O5S/c1-24(2)30-16-17-31(32(35)22-27(5)23-39-33(36)28-10-8-7-9-11-28)34(30,6)20-18-26(4)19-21-40(37,38)29-14-12-25(3)13-15-29/h7-15,17,19,22,24,30,32,35H,16,18,20-21,23H2,1-6H3/b26-19+,27-22+/t30-,32+,34-/m0/s1. The van der Waals surface area contributed by atoms with Gasteiger partial charge in [0.2, 0.25) is 0 Å². The van der Waals surface area contributed by atoms with E-state index in [1.165, 1.54) is 0 Å². The quantitative estimate of drug-likeness (QED) is 0.217. The molecule has 0 aromatic heterocycles. The number of hydrogen-bond acceptors (Lipinski definition) is 5. The second kappa shape index (κ2) is 13.6. The molecule has 1 aliphatic carbocycles. The number of sulfone groups is 1. The van der Waals surface area contributed by atoms with E-state index in [0.29, 0.717) is 22.3 Å². The van der Waals surface area contributed by atoms with Crippen LogP contribution in [-0.2, 0) is 14.6 Å². The van der Waals surface area contributed by atoms with Crippen LogP contribution >= 0.6 is 0 Å². The van der Waals surface area contributed by atoms with Gasteiger partial charge >= 0.3 is 5.97 Å². The molecule has 0 heterocycles. The van der Waals surface area contributed by atoms with Gasteiger partial charge in [-0.25, -0.2) is 13.2 Å². The second-order valence-electron chi connectivity index (χ2n) is 11.7. The maximum Gasteiger partial charge on any atom is 0.338 e. The van der Waals surface area contributed by atoms with E-state index in [0.717, 1.165) is 41.5 Å². The lowest BCUT2D eigenvalue weighted by molar-refractivity contribution is 0.0538. The highest BCUT2D eigenvalue weighted by molar-refractivity contribution is 7.91. The first kappa shape index (κ1) is 31.6. The topological polar surface area (TPSA) is 80.7 Å². The Morgan fingerprint density at radius 2 is 1.73 bits per heavy atom. The van der Waals surface area contributed by atoms with Gasteiger partial charge in [0, 0.05) is 0 Å². The zero-order valence-electron chi connectivity index (χ0n) is 24.7. The maximum atomic E-state index is 12.8. The van der Waals surface area contributed by atoms with Gasteiger partial charge in [-0.2, -0.15) is 0 Å². The lowest BCUT2D eigenvalue weighted by Gasteiger charge is -2.39. The highest BCUT2D eigenvalue weighted by atomic mass is 32.2. The summed E-state index contributed by atoms with van der Waals surface area (Å²) in [6.07, 6.45) is 7.42. The molecule has 5 nitrogen and oxygen atoms in total. The average molecular weight is 565 g/mol. The summed E-state index contributed by atoms with van der Waals surface area (Å²) in [6.45, 7) is 12.5. The van der Waals surface area contributed by atoms with Crippen LogP contribution in [0.2, 0.25) is 0 Å². The Morgan fingerprint density at radius 3 is 2.35 bits per heavy atom. The van der Waals surface area contributed by atoms with Gasteiger partial charge in [0.15, 0.2) is 9.84 Å². The molecule has 0 aliphatic heterocycles. The Kier molecular flexibility index (Phi) is 10.7. The molecule has 6 heteroatoms. The predicted molar refractivity (Wildman–Crippen MR) is 162 cm³/mol. The average Bonchev–Trinajstić information content (AvgIpc) is 3.27. The van der Waals surface area contributed by atoms with Gasteiger partial charge < -0.3 is 9.84 Å². The lowest BCUT2D eigenvalue weighted by atomic mass is 9.66. The van der Waals surface area contributed by atoms with Crippen molar-refractivity contribution in [3.05, 3.63) is 101 Å². The number of carbonyl (C=O) groups is 1. The van der Waals surface area contributed by atoms with Gasteiger partial charge in [0.25, 0.3) is 0 Å². The molecule has 3 atom stereocenters. The van der Waals surface area contributed by atoms with Gasteiger partial charge in [-0.15, -0.1) is 0 Å². The number of rotatable bonds is 12. The zero-order valence-corrected chi connectivity index (χ0v) is 25.5. The minimum absolute atomic E-state index is 0.0266. The van der Waals surface area contributed by atoms with Crippen molar-refractivity contribution in [3.63, 3.8) is 0 Å². The minimum Gasteiger partial charge on any atom is -0.458 e. The smallest absolute Gasteiger partial charge is 0.338 e. The molecule has 1 N–H and O–H groups in total. The normalized spacial score (nSPS) is 20.9. The SMILES string of the molecule is C/C(=C\CS(=O)(=O)c1ccc(C)cc1)CC[C@]1(C)C([C@H](O)/C=C(\C)COC(=O)c2ccccc2)=CC[C@H]1C(C)C. The van der Waals surface area contributed by atoms with Crippen molar-refractivity contribution in [3.8, 4) is 0 Å². The van der Waals surface area contributed by atoms with Gasteiger partial charge in [-0.1, -0.05) is 74.4 Å². The number of aliphatic hydroxyl groups excluding tert-OH is 1. The van der Waals surface area contributed by atoms with E-state index in [1.54, 1.807) is 42.5 Å². The van der Waals surface area contributed by atoms with E-state index < -0.39 is 15.9 Å². The number of hydrogen-bond donors (Lipinski definition) is 1. The molecule has 0 amide bonds. The van der Waals surface area contributed by atoms with Crippen LogP contribution in [0.5, 0.6) is 0 Å². The molecular weight excluding hydrogens is 520 g/mol. The van der Waals surface area contributed by atoms with E-state index in [1.807, 2.05) is 45.0 Å². The summed E-state index contributed by atoms with van der Waals surface area (Å²) in [5, 5.41) is 11.3. The van der Waals surface area contributed by atoms with Crippen molar-refractivity contribution < 1.29 is 23.1 Å². The van der Waals surface area contributed by atoms with Crippen LogP contribution in [0.25, 0.3) is 0 Å². The molecule has 0 bridgehead atoms. The van der Waals surface area contributed by atoms with Crippen molar-refractivity contribution in [1.29, 1.82) is 0 Å². The molecule has 2 aromatic rings. The molecule has 0 unspecified atom stereocenters. The Bertz CT molecular complexity index is 1350. The number of esters is 1. The molecule has 0 saturated heterocycles. The molecular formula is C34H44O5S. The summed E-state index contributed by atoms with van der Waals surface area (Å²) < 4.78 is 31.1. The van der Waals surface area contributed by atoms with Crippen molar-refractivity contribution in [1.82, 2.24) is 0 Å². The molecule has 0 fully saturated rings. The van der Waals surface area contributed by atoms with Crippen LogP contribution < -0.4 is 0 Å². The maximum absolute atomic E-state index is 12.8. The van der Waals surface area contributed by atoms with E-state index in [4.69, 9.17) is 4.74 Å². The number of aliphatic hydroxyl groups is 1. The monoisotopic (exact) mass is 564 g/mol. The number of aryl methyl sites for hydroxylation is 1. The van der Waals surface area contributed by atoms with Gasteiger partial charge in [0.1, 0.15) is 6.61 Å². The van der Waals surface area contributed by atoms with Gasteiger partial charge in [-0.3, -0.25) is 0 Å². The van der Waals surface area contributed by atoms with E-state index in [-0.39, 0.29) is 23.7 Å². The Balaban J connectivity index is 1.67. The van der Waals surface area contributed by atoms with Crippen LogP contribution in [0.3, 0.4) is 0 Å². The third-order valence-electron chi connectivity index (χ3n) is 8.15. The largest absolute Gasteiger partial charge is 0.458 e. The summed E-state index contributed by atoms with van der Waals surface area (Å²) in [4.78, 5) is 12.6. The van der Waals surface area contributed by atoms with Crippen LogP contribution in [0.1, 0.15) is 69.8 Å². The number of ether oxygens (including phenoxy) is 1. The summed E-state index contributed by atoms with van der Waals surface area (Å²) >= 11 is 0. The summed E-state index contributed by atoms with van der Waals surface area (Å²) in [5.74, 6) is 0.375. The fourth-order valence-corrected chi connectivity index (χ4v) is 6.90. The van der Waals surface area contributed by atoms with Gasteiger partial charge in [-0.05, 0) is 98.8 Å². The highest BCUT2D eigenvalue weighted by Gasteiger charge is 2.44. The van der Waals surface area contributed by atoms with Crippen LogP contribution in [0.4, 0.5) is 0 Å². The molecule has 216 valence electrons. The Hall–Kier alpha value is -2.96. The van der Waals surface area contributed by atoms with Crippen molar-refractivity contribution in [2.24, 2.45) is 17.3 Å². The summed E-state index contributed by atoms with van der Waals surface area (Å²) in [6, 6.07) is 15.8. The fourth-order valence-electron chi connectivity index (χ4n) is 5.65. The zero-order chi connectivity index (χ0) is 29.5. The highest BCUT2D eigenvalue weighted by Crippen LogP contribution is 2.52. The Labute approximate surface area is 240 Å². The first-order valence-electron chi connectivity index (χ1n) is 14.1. The van der Waals surface area contributed by atoms with Crippen LogP contribution in [0, 0.1) is 24.2 Å². The molecule has 1 aliphatic rings. The third-order valence-corrected chi connectivity index (χ3v) is 9.74. The fraction of sp³-hybridized carbons (Fsp3) is 0.441. The summed E-state index contributed by atoms with van der Waals surface area (Å²) in [7, 11) is -3.39. The van der Waals surface area contributed by atoms with Crippen molar-refractivity contribution in [2.75, 3.05) is 12.4 Å². The third kappa shape index (κ3) is 8.05. The number of benzene rings is 2. The molecule has 40 heavy (non-hydrogen) atoms. The molecule has 3 rings (SSSR count). The van der Waals surface area contributed by atoms with Gasteiger partial charge in [0.05, 0.1) is 22.3 Å². The van der Waals surface area contributed by atoms with E-state index in [2.05, 4.69) is 26.8 Å².